The molecule has 1 aromatic carbocycles. The zero-order chi connectivity index (χ0) is 23.6. The molecule has 0 saturated heterocycles. The van der Waals surface area contributed by atoms with Crippen molar-refractivity contribution in [1.82, 2.24) is 9.97 Å². The number of rotatable bonds is 19. The van der Waals surface area contributed by atoms with Crippen LogP contribution in [0.25, 0.3) is 11.4 Å². The Morgan fingerprint density at radius 2 is 1.24 bits per heavy atom. The summed E-state index contributed by atoms with van der Waals surface area (Å²) in [5.41, 5.74) is 0.950. The average molecular weight is 459 g/mol. The molecule has 0 aliphatic carbocycles. The van der Waals surface area contributed by atoms with E-state index in [1.54, 1.807) is 12.4 Å². The van der Waals surface area contributed by atoms with Crippen LogP contribution in [0, 0.1) is 0 Å². The van der Waals surface area contributed by atoms with Crippen LogP contribution in [0.3, 0.4) is 0 Å². The Hall–Kier alpha value is -2.17. The van der Waals surface area contributed by atoms with E-state index >= 15 is 0 Å². The van der Waals surface area contributed by atoms with Gasteiger partial charge in [0.2, 0.25) is 0 Å². The minimum absolute atomic E-state index is 0.562. The van der Waals surface area contributed by atoms with Gasteiger partial charge in [0.1, 0.15) is 11.9 Å². The number of ether oxygens (including phenoxy) is 2. The first kappa shape index (κ1) is 27.1. The molecule has 5 heteroatoms. The van der Waals surface area contributed by atoms with E-state index in [0.29, 0.717) is 31.0 Å². The van der Waals surface area contributed by atoms with Crippen LogP contribution in [-0.4, -0.2) is 29.4 Å². The van der Waals surface area contributed by atoms with E-state index in [-0.39, 0.29) is 0 Å². The smallest absolute Gasteiger partial charge is 0.159 e. The topological polar surface area (TPSA) is 44.2 Å². The largest absolute Gasteiger partial charge is 0.494 e. The predicted molar refractivity (Wildman–Crippen MR) is 135 cm³/mol. The molecule has 0 saturated carbocycles. The van der Waals surface area contributed by atoms with Crippen LogP contribution in [0.4, 0.5) is 4.39 Å². The fraction of sp³-hybridized carbons (Fsp3) is 0.643. The lowest BCUT2D eigenvalue weighted by Crippen LogP contribution is -2.03. The number of hydrogen-bond acceptors (Lipinski definition) is 4. The van der Waals surface area contributed by atoms with Gasteiger partial charge in [0.15, 0.2) is 11.6 Å². The zero-order valence-electron chi connectivity index (χ0n) is 20.7. The second-order valence-corrected chi connectivity index (χ2v) is 8.82. The maximum absolute atomic E-state index is 13.5. The van der Waals surface area contributed by atoms with Gasteiger partial charge in [0.05, 0.1) is 25.6 Å². The van der Waals surface area contributed by atoms with E-state index in [1.807, 2.05) is 31.2 Å². The maximum Gasteiger partial charge on any atom is 0.159 e. The minimum atomic E-state index is -0.681. The van der Waals surface area contributed by atoms with Crippen LogP contribution >= 0.6 is 0 Å². The molecule has 1 aromatic heterocycles. The number of aromatic nitrogens is 2. The highest BCUT2D eigenvalue weighted by Gasteiger charge is 2.06. The Labute approximate surface area is 200 Å². The van der Waals surface area contributed by atoms with Crippen LogP contribution in [0.2, 0.25) is 0 Å². The molecule has 0 aliphatic heterocycles. The van der Waals surface area contributed by atoms with Crippen LogP contribution < -0.4 is 9.47 Å². The van der Waals surface area contributed by atoms with Gasteiger partial charge in [-0.25, -0.2) is 14.4 Å². The first-order chi connectivity index (χ1) is 16.2. The van der Waals surface area contributed by atoms with Crippen LogP contribution in [0.15, 0.2) is 36.7 Å². The standard InChI is InChI=1S/C28H43FN2O2/c1-3-5-6-7-8-9-10-12-20-32-26-18-16-24(17-19-26)28-30-22-27(23-31-28)33-21-13-11-15-25(29)14-4-2/h16-19,22-23,25H,3-15,20-21H2,1-2H3/t25-/m1/s1. The molecule has 0 amide bonds. The van der Waals surface area contributed by atoms with Gasteiger partial charge < -0.3 is 9.47 Å². The van der Waals surface area contributed by atoms with Crippen LogP contribution in [0.1, 0.15) is 97.3 Å². The molecule has 184 valence electrons. The fourth-order valence-electron chi connectivity index (χ4n) is 3.78. The molecular weight excluding hydrogens is 415 g/mol. The van der Waals surface area contributed by atoms with Crippen molar-refractivity contribution in [3.05, 3.63) is 36.7 Å². The van der Waals surface area contributed by atoms with Crippen molar-refractivity contribution in [2.75, 3.05) is 13.2 Å². The van der Waals surface area contributed by atoms with E-state index in [2.05, 4.69) is 16.9 Å². The van der Waals surface area contributed by atoms with Gasteiger partial charge in [-0.2, -0.15) is 0 Å². The predicted octanol–water partition coefficient (Wildman–Crippen LogP) is 8.35. The Bertz CT molecular complexity index is 722. The van der Waals surface area contributed by atoms with Crippen molar-refractivity contribution < 1.29 is 13.9 Å². The Kier molecular flexibility index (Phi) is 14.2. The zero-order valence-corrected chi connectivity index (χ0v) is 20.7. The first-order valence-corrected chi connectivity index (χ1v) is 13.0. The second kappa shape index (κ2) is 17.3. The summed E-state index contributed by atoms with van der Waals surface area (Å²) < 4.78 is 25.0. The van der Waals surface area contributed by atoms with Gasteiger partial charge in [-0.15, -0.1) is 0 Å². The average Bonchev–Trinajstić information content (AvgIpc) is 2.84. The molecule has 2 rings (SSSR count). The number of benzene rings is 1. The summed E-state index contributed by atoms with van der Waals surface area (Å²) in [6.45, 7) is 5.60. The molecule has 0 spiro atoms. The van der Waals surface area contributed by atoms with E-state index < -0.39 is 6.17 Å². The number of halogens is 1. The minimum Gasteiger partial charge on any atom is -0.494 e. The van der Waals surface area contributed by atoms with Gasteiger partial charge in [0.25, 0.3) is 0 Å². The third-order valence-electron chi connectivity index (χ3n) is 5.79. The molecule has 0 N–H and O–H groups in total. The monoisotopic (exact) mass is 458 g/mol. The van der Waals surface area contributed by atoms with Crippen LogP contribution in [-0.2, 0) is 0 Å². The summed E-state index contributed by atoms with van der Waals surface area (Å²) >= 11 is 0. The number of hydrogen-bond donors (Lipinski definition) is 0. The summed E-state index contributed by atoms with van der Waals surface area (Å²) in [6.07, 6.45) is 17.0. The fourth-order valence-corrected chi connectivity index (χ4v) is 3.78. The first-order valence-electron chi connectivity index (χ1n) is 13.0. The molecule has 0 unspecified atom stereocenters. The quantitative estimate of drug-likeness (QED) is 0.198. The normalized spacial score (nSPS) is 12.0. The lowest BCUT2D eigenvalue weighted by Gasteiger charge is -2.09. The lowest BCUT2D eigenvalue weighted by atomic mass is 10.1. The molecule has 4 nitrogen and oxygen atoms in total. The van der Waals surface area contributed by atoms with Crippen molar-refractivity contribution in [2.24, 2.45) is 0 Å². The van der Waals surface area contributed by atoms with E-state index in [0.717, 1.165) is 43.6 Å². The summed E-state index contributed by atoms with van der Waals surface area (Å²) in [5.74, 6) is 2.20. The number of unbranched alkanes of at least 4 members (excludes halogenated alkanes) is 8. The van der Waals surface area contributed by atoms with Gasteiger partial charge >= 0.3 is 0 Å². The van der Waals surface area contributed by atoms with Crippen molar-refractivity contribution in [1.29, 1.82) is 0 Å². The van der Waals surface area contributed by atoms with Gasteiger partial charge in [-0.1, -0.05) is 65.2 Å². The maximum atomic E-state index is 13.5. The Morgan fingerprint density at radius 1 is 0.667 bits per heavy atom. The van der Waals surface area contributed by atoms with E-state index in [9.17, 15) is 4.39 Å². The molecule has 0 aliphatic rings. The molecule has 0 fully saturated rings. The number of alkyl halides is 1. The third kappa shape index (κ3) is 12.0. The molecule has 0 radical (unpaired) electrons. The molecule has 1 atom stereocenters. The Morgan fingerprint density at radius 3 is 1.88 bits per heavy atom. The summed E-state index contributed by atoms with van der Waals surface area (Å²) in [6, 6.07) is 7.93. The second-order valence-electron chi connectivity index (χ2n) is 8.82. The summed E-state index contributed by atoms with van der Waals surface area (Å²) in [4.78, 5) is 8.83. The van der Waals surface area contributed by atoms with Crippen molar-refractivity contribution in [3.8, 4) is 22.9 Å². The van der Waals surface area contributed by atoms with Crippen molar-refractivity contribution in [3.63, 3.8) is 0 Å². The SMILES string of the molecule is CCCCCCCCCCOc1ccc(-c2ncc(OCCCC[C@H](F)CCC)cn2)cc1. The molecule has 2 aromatic rings. The number of nitrogens with zero attached hydrogens (tertiary/aromatic N) is 2. The van der Waals surface area contributed by atoms with Crippen molar-refractivity contribution in [2.45, 2.75) is 103 Å². The molecule has 1 heterocycles. The highest BCUT2D eigenvalue weighted by atomic mass is 19.1. The van der Waals surface area contributed by atoms with Gasteiger partial charge in [0, 0.05) is 5.56 Å². The molecule has 0 bridgehead atoms. The summed E-state index contributed by atoms with van der Waals surface area (Å²) in [5, 5.41) is 0. The van der Waals surface area contributed by atoms with Crippen molar-refractivity contribution >= 4 is 0 Å². The lowest BCUT2D eigenvalue weighted by molar-refractivity contribution is 0.263. The van der Waals surface area contributed by atoms with Gasteiger partial charge in [-0.05, 0) is 56.4 Å². The molecule has 33 heavy (non-hydrogen) atoms. The van der Waals surface area contributed by atoms with Gasteiger partial charge in [-0.3, -0.25) is 0 Å². The van der Waals surface area contributed by atoms with E-state index in [1.165, 1.54) is 44.9 Å². The highest BCUT2D eigenvalue weighted by molar-refractivity contribution is 5.56. The highest BCUT2D eigenvalue weighted by Crippen LogP contribution is 2.21. The van der Waals surface area contributed by atoms with E-state index in [4.69, 9.17) is 9.47 Å². The molecular formula is C28H43FN2O2. The van der Waals surface area contributed by atoms with Crippen LogP contribution in [0.5, 0.6) is 11.5 Å². The third-order valence-corrected chi connectivity index (χ3v) is 5.79. The summed E-state index contributed by atoms with van der Waals surface area (Å²) in [7, 11) is 0. The Balaban J connectivity index is 1.61.